The Kier molecular flexibility index (Phi) is 8.05. The van der Waals surface area contributed by atoms with Crippen LogP contribution >= 0.6 is 0 Å². The van der Waals surface area contributed by atoms with Gasteiger partial charge in [-0.2, -0.15) is 0 Å². The van der Waals surface area contributed by atoms with Gasteiger partial charge in [-0.05, 0) is 57.5 Å². The predicted octanol–water partition coefficient (Wildman–Crippen LogP) is 6.25. The van der Waals surface area contributed by atoms with E-state index in [9.17, 15) is 17.8 Å². The number of anilines is 2. The average Bonchev–Trinajstić information content (AvgIpc) is 2.78. The molecule has 3 aromatic rings. The number of aromatic nitrogens is 2. The molecule has 39 heavy (non-hydrogen) atoms. The Balaban J connectivity index is 1.73. The van der Waals surface area contributed by atoms with E-state index >= 15 is 0 Å². The smallest absolute Gasteiger partial charge is 0.442 e. The molecule has 0 saturated carbocycles. The number of fused-ring (bicyclic) bond motifs is 6. The molecule has 4 rings (SSSR count). The van der Waals surface area contributed by atoms with Crippen LogP contribution in [0.15, 0.2) is 47.0 Å². The van der Waals surface area contributed by atoms with E-state index in [-0.39, 0.29) is 41.4 Å². The number of nitrogens with one attached hydrogen (secondary N) is 1. The fraction of sp³-hybridized carbons (Fsp3) is 0.370. The largest absolute Gasteiger partial charge is 0.493 e. The van der Waals surface area contributed by atoms with Gasteiger partial charge in [0.1, 0.15) is 28.6 Å². The van der Waals surface area contributed by atoms with Gasteiger partial charge in [0.25, 0.3) is 0 Å². The Bertz CT molecular complexity index is 1520. The highest BCUT2D eigenvalue weighted by Gasteiger charge is 2.20. The molecule has 2 aromatic carbocycles. The van der Waals surface area contributed by atoms with Gasteiger partial charge in [-0.3, -0.25) is 0 Å². The van der Waals surface area contributed by atoms with Crippen molar-refractivity contribution in [3.8, 4) is 22.8 Å². The minimum Gasteiger partial charge on any atom is -0.493 e. The number of hydrogen-bond acceptors (Lipinski definition) is 8. The van der Waals surface area contributed by atoms with E-state index in [0.717, 1.165) is 6.20 Å². The highest BCUT2D eigenvalue weighted by Crippen LogP contribution is 2.33. The summed E-state index contributed by atoms with van der Waals surface area (Å²) in [5.74, 6) is -0.643. The highest BCUT2D eigenvalue weighted by molar-refractivity contribution is 7.92. The van der Waals surface area contributed by atoms with Crippen molar-refractivity contribution in [2.75, 3.05) is 18.2 Å². The van der Waals surface area contributed by atoms with Gasteiger partial charge in [-0.1, -0.05) is 0 Å². The van der Waals surface area contributed by atoms with E-state index in [1.807, 2.05) is 6.92 Å². The van der Waals surface area contributed by atoms with Crippen LogP contribution in [-0.2, 0) is 20.2 Å². The molecule has 1 unspecified atom stereocenters. The van der Waals surface area contributed by atoms with E-state index < -0.39 is 33.1 Å². The zero-order valence-corrected chi connectivity index (χ0v) is 23.1. The van der Waals surface area contributed by atoms with E-state index in [1.54, 1.807) is 39.0 Å². The SMILES string of the molecule is C[C@H]1CCOc2cc(F)ccc2-c2nc(ncc2F)Nc2cc(CS(C)(=O)=NC(=O)OC(C)(C)C)cc(c2)O1. The van der Waals surface area contributed by atoms with E-state index in [1.165, 1.54) is 24.5 Å². The summed E-state index contributed by atoms with van der Waals surface area (Å²) in [6.45, 7) is 7.10. The summed E-state index contributed by atoms with van der Waals surface area (Å²) in [5.41, 5.74) is 0.481. The zero-order valence-electron chi connectivity index (χ0n) is 22.3. The number of benzene rings is 2. The Labute approximate surface area is 226 Å². The average molecular weight is 561 g/mol. The molecule has 1 aliphatic heterocycles. The quantitative estimate of drug-likeness (QED) is 0.392. The zero-order chi connectivity index (χ0) is 28.4. The third-order valence-electron chi connectivity index (χ3n) is 5.38. The minimum atomic E-state index is -3.01. The first-order valence-electron chi connectivity index (χ1n) is 12.2. The molecule has 1 amide bonds. The van der Waals surface area contributed by atoms with Gasteiger partial charge >= 0.3 is 6.09 Å². The summed E-state index contributed by atoms with van der Waals surface area (Å²) in [6.07, 6.45) is 1.58. The number of carbonyl (C=O) groups is 1. The molecule has 12 heteroatoms. The summed E-state index contributed by atoms with van der Waals surface area (Å²) in [4.78, 5) is 20.5. The monoisotopic (exact) mass is 560 g/mol. The number of rotatable bonds is 2. The van der Waals surface area contributed by atoms with Crippen LogP contribution in [0.2, 0.25) is 0 Å². The molecule has 1 N–H and O–H groups in total. The Morgan fingerprint density at radius 3 is 2.74 bits per heavy atom. The Hall–Kier alpha value is -3.80. The van der Waals surface area contributed by atoms with Gasteiger partial charge in [-0.15, -0.1) is 4.36 Å². The number of amides is 1. The van der Waals surface area contributed by atoms with Gasteiger partial charge in [0.15, 0.2) is 5.82 Å². The van der Waals surface area contributed by atoms with Gasteiger partial charge in [-0.25, -0.2) is 27.8 Å². The lowest BCUT2D eigenvalue weighted by Gasteiger charge is -2.19. The maximum atomic E-state index is 14.8. The molecule has 4 bridgehead atoms. The summed E-state index contributed by atoms with van der Waals surface area (Å²) < 4.78 is 62.8. The summed E-state index contributed by atoms with van der Waals surface area (Å²) >= 11 is 0. The number of halogens is 2. The Morgan fingerprint density at radius 1 is 1.23 bits per heavy atom. The lowest BCUT2D eigenvalue weighted by atomic mass is 10.1. The van der Waals surface area contributed by atoms with Crippen LogP contribution in [-0.4, -0.2) is 44.8 Å². The molecule has 0 saturated heterocycles. The minimum absolute atomic E-state index is 0.0607. The lowest BCUT2D eigenvalue weighted by Crippen LogP contribution is -2.22. The topological polar surface area (TPSA) is 112 Å². The number of nitrogens with zero attached hydrogens (tertiary/aromatic N) is 3. The third kappa shape index (κ3) is 7.85. The lowest BCUT2D eigenvalue weighted by molar-refractivity contribution is 0.0607. The predicted molar refractivity (Wildman–Crippen MR) is 144 cm³/mol. The third-order valence-corrected chi connectivity index (χ3v) is 6.78. The van der Waals surface area contributed by atoms with E-state index in [2.05, 4.69) is 19.6 Å². The maximum absolute atomic E-state index is 14.8. The highest BCUT2D eigenvalue weighted by atomic mass is 32.2. The van der Waals surface area contributed by atoms with Crippen molar-refractivity contribution in [3.63, 3.8) is 0 Å². The van der Waals surface area contributed by atoms with Crippen molar-refractivity contribution in [2.45, 2.75) is 51.6 Å². The molecule has 1 aliphatic rings. The van der Waals surface area contributed by atoms with Crippen LogP contribution < -0.4 is 14.8 Å². The van der Waals surface area contributed by atoms with Gasteiger partial charge in [0, 0.05) is 36.1 Å². The fourth-order valence-electron chi connectivity index (χ4n) is 3.85. The van der Waals surface area contributed by atoms with Crippen LogP contribution in [0.4, 0.5) is 25.2 Å². The van der Waals surface area contributed by atoms with Crippen LogP contribution in [0.1, 0.15) is 39.7 Å². The van der Waals surface area contributed by atoms with Gasteiger partial charge < -0.3 is 19.5 Å². The second-order valence-corrected chi connectivity index (χ2v) is 12.7. The molecular weight excluding hydrogens is 530 g/mol. The first-order chi connectivity index (χ1) is 18.3. The van der Waals surface area contributed by atoms with Crippen molar-refractivity contribution in [1.29, 1.82) is 0 Å². The number of ether oxygens (including phenoxy) is 3. The second-order valence-electron chi connectivity index (χ2n) is 10.3. The molecule has 1 aromatic heterocycles. The molecule has 2 heterocycles. The summed E-state index contributed by atoms with van der Waals surface area (Å²) in [7, 11) is -3.01. The van der Waals surface area contributed by atoms with Crippen LogP contribution in [0, 0.1) is 11.6 Å². The van der Waals surface area contributed by atoms with Gasteiger partial charge in [0.2, 0.25) is 5.95 Å². The van der Waals surface area contributed by atoms with Crippen molar-refractivity contribution in [3.05, 3.63) is 59.8 Å². The Morgan fingerprint density at radius 2 is 2.00 bits per heavy atom. The molecule has 0 radical (unpaired) electrons. The van der Waals surface area contributed by atoms with Gasteiger partial charge in [0.05, 0.1) is 34.4 Å². The molecule has 0 fully saturated rings. The summed E-state index contributed by atoms with van der Waals surface area (Å²) in [5, 5.41) is 3.02. The molecule has 9 nitrogen and oxygen atoms in total. The van der Waals surface area contributed by atoms with E-state index in [4.69, 9.17) is 14.2 Å². The van der Waals surface area contributed by atoms with Crippen LogP contribution in [0.5, 0.6) is 11.5 Å². The second kappa shape index (κ2) is 11.1. The first kappa shape index (κ1) is 28.2. The number of hydrogen-bond donors (Lipinski definition) is 1. The molecule has 2 atom stereocenters. The van der Waals surface area contributed by atoms with Crippen LogP contribution in [0.25, 0.3) is 11.3 Å². The molecule has 0 spiro atoms. The van der Waals surface area contributed by atoms with Crippen molar-refractivity contribution < 1.29 is 32.0 Å². The van der Waals surface area contributed by atoms with Crippen molar-refractivity contribution >= 4 is 27.5 Å². The van der Waals surface area contributed by atoms with Crippen LogP contribution in [0.3, 0.4) is 0 Å². The first-order valence-corrected chi connectivity index (χ1v) is 14.3. The maximum Gasteiger partial charge on any atom is 0.442 e. The van der Waals surface area contributed by atoms with Crippen molar-refractivity contribution in [1.82, 2.24) is 9.97 Å². The van der Waals surface area contributed by atoms with E-state index in [0.29, 0.717) is 23.4 Å². The molecule has 0 aliphatic carbocycles. The summed E-state index contributed by atoms with van der Waals surface area (Å²) in [6, 6.07) is 8.87. The van der Waals surface area contributed by atoms with Crippen molar-refractivity contribution in [2.24, 2.45) is 4.36 Å². The number of carbonyl (C=O) groups excluding carboxylic acids is 1. The molecular formula is C27H30F2N4O5S. The molecule has 208 valence electrons. The normalized spacial score (nSPS) is 16.7. The fourth-order valence-corrected chi connectivity index (χ4v) is 5.05. The standard InChI is InChI=1S/C27H30F2N4O5S/c1-16-8-9-36-23-12-18(28)6-7-21(23)24-22(29)14-30-25(32-24)31-19-10-17(11-20(13-19)37-16)15-39(5,35)33-26(34)38-27(2,3)4/h6-7,10-14,16H,8-9,15H2,1-5H3,(H,30,31,32)/t16-,39?/m0/s1.